The van der Waals surface area contributed by atoms with Crippen molar-refractivity contribution in [2.24, 2.45) is 10.9 Å². The van der Waals surface area contributed by atoms with Crippen molar-refractivity contribution in [3.8, 4) is 0 Å². The Balaban J connectivity index is 1.86. The van der Waals surface area contributed by atoms with Gasteiger partial charge in [0.25, 0.3) is 11.9 Å². The lowest BCUT2D eigenvalue weighted by Gasteiger charge is -2.25. The lowest BCUT2D eigenvalue weighted by molar-refractivity contribution is 0.0967. The van der Waals surface area contributed by atoms with Crippen molar-refractivity contribution in [1.29, 1.82) is 0 Å². The zero-order valence-corrected chi connectivity index (χ0v) is 14.9. The quantitative estimate of drug-likeness (QED) is 0.641. The van der Waals surface area contributed by atoms with Crippen LogP contribution < -0.4 is 5.32 Å². The average molecular weight is 337 g/mol. The number of piperidine rings is 1. The fourth-order valence-electron chi connectivity index (χ4n) is 2.41. The van der Waals surface area contributed by atoms with E-state index in [0.29, 0.717) is 30.0 Å². The van der Waals surface area contributed by atoms with E-state index in [1.165, 1.54) is 30.6 Å². The third-order valence-electron chi connectivity index (χ3n) is 3.64. The maximum atomic E-state index is 12.2. The summed E-state index contributed by atoms with van der Waals surface area (Å²) in [5.74, 6) is 0.237. The fourth-order valence-corrected chi connectivity index (χ4v) is 3.03. The first kappa shape index (κ1) is 17.9. The second-order valence-electron chi connectivity index (χ2n) is 6.23. The van der Waals surface area contributed by atoms with E-state index >= 15 is 0 Å². The Hall–Kier alpha value is -1.40. The molecule has 1 aliphatic heterocycles. The molecule has 2 heterocycles. The van der Waals surface area contributed by atoms with Gasteiger partial charge in [0.15, 0.2) is 0 Å². The Kier molecular flexibility index (Phi) is 7.55. The van der Waals surface area contributed by atoms with Crippen LogP contribution in [0, 0.1) is 5.92 Å². The molecule has 5 nitrogen and oxygen atoms in total. The van der Waals surface area contributed by atoms with E-state index in [9.17, 15) is 4.79 Å². The number of carbonyl (C=O) groups is 1. The minimum absolute atomic E-state index is 0.152. The molecule has 0 atom stereocenters. The van der Waals surface area contributed by atoms with Gasteiger partial charge in [-0.05, 0) is 43.3 Å². The first-order valence-corrected chi connectivity index (χ1v) is 9.27. The SMILES string of the molecule is CC(C)COC(=NCCN1CCCCC1)NC(=O)c1cccs1. The van der Waals surface area contributed by atoms with Gasteiger partial charge in [-0.25, -0.2) is 4.99 Å². The van der Waals surface area contributed by atoms with Crippen LogP contribution in [-0.4, -0.2) is 49.6 Å². The van der Waals surface area contributed by atoms with E-state index in [1.54, 1.807) is 6.07 Å². The summed E-state index contributed by atoms with van der Waals surface area (Å²) >= 11 is 1.41. The van der Waals surface area contributed by atoms with Gasteiger partial charge in [0.1, 0.15) is 0 Å². The molecule has 1 aromatic rings. The van der Waals surface area contributed by atoms with Gasteiger partial charge in [-0.3, -0.25) is 10.1 Å². The molecule has 0 aromatic carbocycles. The number of hydrogen-bond donors (Lipinski definition) is 1. The Bertz CT molecular complexity index is 494. The maximum Gasteiger partial charge on any atom is 0.291 e. The Morgan fingerprint density at radius 2 is 2.17 bits per heavy atom. The summed E-state index contributed by atoms with van der Waals surface area (Å²) in [6.45, 7) is 8.58. The van der Waals surface area contributed by atoms with Crippen LogP contribution in [0.15, 0.2) is 22.5 Å². The van der Waals surface area contributed by atoms with Crippen LogP contribution in [0.4, 0.5) is 0 Å². The first-order chi connectivity index (χ1) is 11.1. The second kappa shape index (κ2) is 9.67. The van der Waals surface area contributed by atoms with Crippen molar-refractivity contribution in [2.45, 2.75) is 33.1 Å². The van der Waals surface area contributed by atoms with Gasteiger partial charge in [0.05, 0.1) is 18.0 Å². The molecule has 0 spiro atoms. The first-order valence-electron chi connectivity index (χ1n) is 8.39. The molecule has 1 N–H and O–H groups in total. The van der Waals surface area contributed by atoms with Gasteiger partial charge in [-0.15, -0.1) is 11.3 Å². The molecular weight excluding hydrogens is 310 g/mol. The highest BCUT2D eigenvalue weighted by Crippen LogP contribution is 2.09. The maximum absolute atomic E-state index is 12.2. The molecule has 23 heavy (non-hydrogen) atoms. The smallest absolute Gasteiger partial charge is 0.291 e. The summed E-state index contributed by atoms with van der Waals surface area (Å²) in [4.78, 5) is 19.7. The van der Waals surface area contributed by atoms with Crippen molar-refractivity contribution in [3.63, 3.8) is 0 Å². The van der Waals surface area contributed by atoms with E-state index in [2.05, 4.69) is 29.1 Å². The van der Waals surface area contributed by atoms with Gasteiger partial charge < -0.3 is 9.64 Å². The fraction of sp³-hybridized carbons (Fsp3) is 0.647. The molecule has 0 unspecified atom stereocenters. The van der Waals surface area contributed by atoms with Crippen LogP contribution in [0.5, 0.6) is 0 Å². The standard InChI is InChI=1S/C17H27N3O2S/c1-14(2)13-22-17(19-16(21)15-7-6-12-23-15)18-8-11-20-9-4-3-5-10-20/h6-7,12,14H,3-5,8-11,13H2,1-2H3,(H,18,19,21). The van der Waals surface area contributed by atoms with E-state index in [-0.39, 0.29) is 5.91 Å². The largest absolute Gasteiger partial charge is 0.465 e. The summed E-state index contributed by atoms with van der Waals surface area (Å²) < 4.78 is 5.67. The summed E-state index contributed by atoms with van der Waals surface area (Å²) in [6, 6.07) is 4.00. The predicted octanol–water partition coefficient (Wildman–Crippen LogP) is 2.99. The average Bonchev–Trinajstić information content (AvgIpc) is 3.08. The molecular formula is C17H27N3O2S. The highest BCUT2D eigenvalue weighted by molar-refractivity contribution is 7.12. The van der Waals surface area contributed by atoms with Crippen LogP contribution >= 0.6 is 11.3 Å². The van der Waals surface area contributed by atoms with Gasteiger partial charge in [-0.1, -0.05) is 26.3 Å². The number of ether oxygens (including phenoxy) is 1. The molecule has 0 bridgehead atoms. The Labute approximate surface area is 142 Å². The van der Waals surface area contributed by atoms with Crippen molar-refractivity contribution >= 4 is 23.3 Å². The molecule has 1 fully saturated rings. The lowest BCUT2D eigenvalue weighted by Crippen LogP contribution is -2.35. The summed E-state index contributed by atoms with van der Waals surface area (Å²) in [6.07, 6.45) is 3.88. The molecule has 0 saturated carbocycles. The normalized spacial score (nSPS) is 16.6. The van der Waals surface area contributed by atoms with Crippen LogP contribution in [0.25, 0.3) is 0 Å². The summed E-state index contributed by atoms with van der Waals surface area (Å²) in [7, 11) is 0. The van der Waals surface area contributed by atoms with Gasteiger partial charge in [-0.2, -0.15) is 0 Å². The highest BCUT2D eigenvalue weighted by Gasteiger charge is 2.13. The number of aliphatic imine (C=N–C) groups is 1. The van der Waals surface area contributed by atoms with Crippen LogP contribution in [-0.2, 0) is 4.74 Å². The number of amides is 1. The van der Waals surface area contributed by atoms with Crippen molar-refractivity contribution in [3.05, 3.63) is 22.4 Å². The zero-order chi connectivity index (χ0) is 16.5. The zero-order valence-electron chi connectivity index (χ0n) is 14.1. The van der Waals surface area contributed by atoms with E-state index in [1.807, 2.05) is 11.4 Å². The Morgan fingerprint density at radius 3 is 2.83 bits per heavy atom. The van der Waals surface area contributed by atoms with Crippen LogP contribution in [0.2, 0.25) is 0 Å². The van der Waals surface area contributed by atoms with E-state index < -0.39 is 0 Å². The summed E-state index contributed by atoms with van der Waals surface area (Å²) in [5, 5.41) is 4.68. The monoisotopic (exact) mass is 337 g/mol. The van der Waals surface area contributed by atoms with Crippen molar-refractivity contribution in [2.75, 3.05) is 32.8 Å². The van der Waals surface area contributed by atoms with Crippen molar-refractivity contribution in [1.82, 2.24) is 10.2 Å². The number of amidine groups is 1. The molecule has 0 aliphatic carbocycles. The third kappa shape index (κ3) is 6.71. The molecule has 0 radical (unpaired) electrons. The molecule has 1 amide bonds. The number of rotatable bonds is 6. The van der Waals surface area contributed by atoms with Gasteiger partial charge in [0, 0.05) is 6.54 Å². The molecule has 1 aliphatic rings. The topological polar surface area (TPSA) is 53.9 Å². The van der Waals surface area contributed by atoms with Gasteiger partial charge in [0.2, 0.25) is 0 Å². The van der Waals surface area contributed by atoms with Crippen molar-refractivity contribution < 1.29 is 9.53 Å². The lowest BCUT2D eigenvalue weighted by atomic mass is 10.1. The Morgan fingerprint density at radius 1 is 1.39 bits per heavy atom. The molecule has 2 rings (SSSR count). The highest BCUT2D eigenvalue weighted by atomic mass is 32.1. The van der Waals surface area contributed by atoms with Gasteiger partial charge >= 0.3 is 0 Å². The number of thiophene rings is 1. The molecule has 128 valence electrons. The molecule has 1 aromatic heterocycles. The van der Waals surface area contributed by atoms with E-state index in [0.717, 1.165) is 19.6 Å². The second-order valence-corrected chi connectivity index (χ2v) is 7.17. The third-order valence-corrected chi connectivity index (χ3v) is 4.51. The minimum Gasteiger partial charge on any atom is -0.465 e. The molecule has 6 heteroatoms. The van der Waals surface area contributed by atoms with Crippen LogP contribution in [0.1, 0.15) is 42.8 Å². The summed E-state index contributed by atoms with van der Waals surface area (Å²) in [5.41, 5.74) is 0. The van der Waals surface area contributed by atoms with Crippen LogP contribution in [0.3, 0.4) is 0 Å². The number of hydrogen-bond acceptors (Lipinski definition) is 5. The number of likely N-dealkylation sites (tertiary alicyclic amines) is 1. The molecule has 1 saturated heterocycles. The van der Waals surface area contributed by atoms with E-state index in [4.69, 9.17) is 4.74 Å². The number of carbonyl (C=O) groups excluding carboxylic acids is 1. The number of nitrogens with zero attached hydrogens (tertiary/aromatic N) is 2. The predicted molar refractivity (Wildman–Crippen MR) is 95.2 cm³/mol. The number of nitrogens with one attached hydrogen (secondary N) is 1. The minimum atomic E-state index is -0.152.